The number of fused-ring (bicyclic) bond motifs is 2. The van der Waals surface area contributed by atoms with Crippen LogP contribution in [-0.4, -0.2) is 76.5 Å². The Kier molecular flexibility index (Phi) is 7.47. The molecule has 0 spiro atoms. The minimum atomic E-state index is -1.28. The fourth-order valence-corrected chi connectivity index (χ4v) is 5.46. The smallest absolute Gasteiger partial charge is 0.332 e. The predicted octanol–water partition coefficient (Wildman–Crippen LogP) is 4.37. The monoisotopic (exact) mass is 524 g/mol. The molecular formula is C31H32N4O4. The normalized spacial score (nSPS) is 19.0. The molecule has 2 heterocycles. The number of benzene rings is 3. The van der Waals surface area contributed by atoms with Gasteiger partial charge in [0.25, 0.3) is 0 Å². The highest BCUT2D eigenvalue weighted by Crippen LogP contribution is 2.37. The highest BCUT2D eigenvalue weighted by molar-refractivity contribution is 6.02. The standard InChI is InChI=1S/C31H32N4O4/c1-32(2)27(20-22-12-6-3-7-13-22)29(36)35-25-18-19-26(35)28(30(37)38)33(21-25)31(39)34(23-14-8-4-9-15-23)24-16-10-5-11-17-24/h3-17,19,25,27-28H,18,20-21H2,1-2H3,(H,37,38)/t25-,27-,28-/m0/s1. The highest BCUT2D eigenvalue weighted by atomic mass is 16.4. The first-order valence-corrected chi connectivity index (χ1v) is 13.0. The van der Waals surface area contributed by atoms with Gasteiger partial charge in [-0.2, -0.15) is 0 Å². The second-order valence-electron chi connectivity index (χ2n) is 10.1. The lowest BCUT2D eigenvalue weighted by Gasteiger charge is -2.45. The molecule has 8 nitrogen and oxygen atoms in total. The van der Waals surface area contributed by atoms with Crippen molar-refractivity contribution in [2.24, 2.45) is 0 Å². The second kappa shape index (κ2) is 11.1. The summed E-state index contributed by atoms with van der Waals surface area (Å²) >= 11 is 0. The zero-order valence-electron chi connectivity index (χ0n) is 22.1. The first-order valence-electron chi connectivity index (χ1n) is 13.0. The van der Waals surface area contributed by atoms with Gasteiger partial charge in [-0.1, -0.05) is 72.8 Å². The third kappa shape index (κ3) is 5.15. The van der Waals surface area contributed by atoms with E-state index in [9.17, 15) is 19.5 Å². The molecule has 0 unspecified atom stereocenters. The van der Waals surface area contributed by atoms with Gasteiger partial charge in [0.2, 0.25) is 5.91 Å². The number of anilines is 2. The topological polar surface area (TPSA) is 84.4 Å². The Labute approximate surface area is 228 Å². The van der Waals surface area contributed by atoms with Gasteiger partial charge in [-0.05, 0) is 56.8 Å². The van der Waals surface area contributed by atoms with Gasteiger partial charge < -0.3 is 14.9 Å². The quantitative estimate of drug-likeness (QED) is 0.496. The number of amides is 3. The Morgan fingerprint density at radius 1 is 0.872 bits per heavy atom. The lowest BCUT2D eigenvalue weighted by Crippen LogP contribution is -2.63. The Hall–Kier alpha value is -4.43. The Bertz CT molecular complexity index is 1320. The van der Waals surface area contributed by atoms with Gasteiger partial charge in [-0.3, -0.25) is 14.6 Å². The fourth-order valence-electron chi connectivity index (χ4n) is 5.46. The molecule has 1 fully saturated rings. The summed E-state index contributed by atoms with van der Waals surface area (Å²) in [4.78, 5) is 47.2. The third-order valence-corrected chi connectivity index (χ3v) is 7.36. The number of piperazine rings is 1. The van der Waals surface area contributed by atoms with E-state index >= 15 is 0 Å². The molecule has 3 amide bonds. The molecule has 0 aromatic heterocycles. The number of para-hydroxylation sites is 2. The summed E-state index contributed by atoms with van der Waals surface area (Å²) in [5.41, 5.74) is 2.65. The van der Waals surface area contributed by atoms with Crippen molar-refractivity contribution in [3.63, 3.8) is 0 Å². The first-order chi connectivity index (χ1) is 18.9. The number of carboxylic acids is 1. The van der Waals surface area contributed by atoms with E-state index in [2.05, 4.69) is 0 Å². The van der Waals surface area contributed by atoms with Crippen molar-refractivity contribution < 1.29 is 19.5 Å². The number of nitrogens with zero attached hydrogens (tertiary/aromatic N) is 4. The molecule has 200 valence electrons. The summed E-state index contributed by atoms with van der Waals surface area (Å²) < 4.78 is 0. The van der Waals surface area contributed by atoms with E-state index in [1.165, 1.54) is 9.80 Å². The van der Waals surface area contributed by atoms with Gasteiger partial charge in [-0.15, -0.1) is 0 Å². The number of aliphatic carboxylic acids is 1. The molecule has 39 heavy (non-hydrogen) atoms. The SMILES string of the molecule is CN(C)[C@@H](Cc1ccccc1)C(=O)N1C2=CC[C@H]1CN(C(=O)N(c1ccccc1)c1ccccc1)[C@@H]2C(=O)O. The van der Waals surface area contributed by atoms with Crippen molar-refractivity contribution in [3.8, 4) is 0 Å². The summed E-state index contributed by atoms with van der Waals surface area (Å²) in [7, 11) is 3.71. The molecule has 0 saturated carbocycles. The molecule has 1 N–H and O–H groups in total. The number of rotatable bonds is 7. The van der Waals surface area contributed by atoms with Gasteiger partial charge >= 0.3 is 12.0 Å². The number of carboxylic acid groups (broad SMARTS) is 1. The lowest BCUT2D eigenvalue weighted by atomic mass is 10.0. The van der Waals surface area contributed by atoms with Crippen molar-refractivity contribution in [2.75, 3.05) is 25.5 Å². The molecule has 3 aromatic rings. The molecule has 2 aliphatic heterocycles. The molecular weight excluding hydrogens is 492 g/mol. The molecule has 8 heteroatoms. The molecule has 2 bridgehead atoms. The summed E-state index contributed by atoms with van der Waals surface area (Å²) in [5.74, 6) is -1.32. The molecule has 3 atom stereocenters. The van der Waals surface area contributed by atoms with Crippen LogP contribution in [0.4, 0.5) is 16.2 Å². The maximum atomic E-state index is 14.1. The van der Waals surface area contributed by atoms with Crippen molar-refractivity contribution in [2.45, 2.75) is 31.0 Å². The van der Waals surface area contributed by atoms with E-state index in [-0.39, 0.29) is 18.5 Å². The van der Waals surface area contributed by atoms with E-state index in [0.29, 0.717) is 29.9 Å². The van der Waals surface area contributed by atoms with Crippen molar-refractivity contribution in [3.05, 3.63) is 108 Å². The summed E-state index contributed by atoms with van der Waals surface area (Å²) in [5, 5.41) is 10.4. The molecule has 0 aliphatic carbocycles. The van der Waals surface area contributed by atoms with Crippen LogP contribution in [0.25, 0.3) is 0 Å². The van der Waals surface area contributed by atoms with Crippen LogP contribution in [0.1, 0.15) is 12.0 Å². The van der Waals surface area contributed by atoms with Crippen molar-refractivity contribution in [1.29, 1.82) is 0 Å². The number of carbonyl (C=O) groups is 3. The van der Waals surface area contributed by atoms with Gasteiger partial charge in [0, 0.05) is 6.54 Å². The van der Waals surface area contributed by atoms with Gasteiger partial charge in [0.1, 0.15) is 0 Å². The summed E-state index contributed by atoms with van der Waals surface area (Å²) in [6, 6.07) is 25.6. The van der Waals surface area contributed by atoms with Crippen molar-refractivity contribution in [1.82, 2.24) is 14.7 Å². The van der Waals surface area contributed by atoms with Crippen LogP contribution < -0.4 is 4.90 Å². The molecule has 3 aromatic carbocycles. The zero-order chi connectivity index (χ0) is 27.5. The fraction of sp³-hybridized carbons (Fsp3) is 0.258. The van der Waals surface area contributed by atoms with E-state index in [4.69, 9.17) is 0 Å². The minimum absolute atomic E-state index is 0.114. The van der Waals surface area contributed by atoms with E-state index in [0.717, 1.165) is 5.56 Å². The van der Waals surface area contributed by atoms with Gasteiger partial charge in [-0.25, -0.2) is 9.59 Å². The van der Waals surface area contributed by atoms with E-state index in [1.54, 1.807) is 11.0 Å². The van der Waals surface area contributed by atoms with Gasteiger partial charge in [0.15, 0.2) is 6.04 Å². The number of hydrogen-bond acceptors (Lipinski definition) is 4. The molecule has 1 saturated heterocycles. The van der Waals surface area contributed by atoms with Crippen LogP contribution in [0, 0.1) is 0 Å². The van der Waals surface area contributed by atoms with Crippen LogP contribution in [0.5, 0.6) is 0 Å². The third-order valence-electron chi connectivity index (χ3n) is 7.36. The molecule has 5 rings (SSSR count). The maximum absolute atomic E-state index is 14.1. The van der Waals surface area contributed by atoms with E-state index in [1.807, 2.05) is 110 Å². The van der Waals surface area contributed by atoms with Gasteiger partial charge in [0.05, 0.1) is 29.2 Å². The van der Waals surface area contributed by atoms with Crippen LogP contribution in [-0.2, 0) is 16.0 Å². The first kappa shape index (κ1) is 26.2. The Morgan fingerprint density at radius 2 is 1.41 bits per heavy atom. The molecule has 2 aliphatic rings. The van der Waals surface area contributed by atoms with Crippen LogP contribution in [0.15, 0.2) is 103 Å². The molecule has 0 radical (unpaired) electrons. The highest BCUT2D eigenvalue weighted by Gasteiger charge is 2.50. The summed E-state index contributed by atoms with van der Waals surface area (Å²) in [6.45, 7) is 0.114. The predicted molar refractivity (Wildman–Crippen MR) is 150 cm³/mol. The zero-order valence-corrected chi connectivity index (χ0v) is 22.1. The lowest BCUT2D eigenvalue weighted by molar-refractivity contribution is -0.145. The maximum Gasteiger partial charge on any atom is 0.332 e. The van der Waals surface area contributed by atoms with Crippen molar-refractivity contribution >= 4 is 29.3 Å². The van der Waals surface area contributed by atoms with Crippen LogP contribution >= 0.6 is 0 Å². The summed E-state index contributed by atoms with van der Waals surface area (Å²) in [6.07, 6.45) is 2.80. The number of urea groups is 1. The van der Waals surface area contributed by atoms with Crippen LogP contribution in [0.3, 0.4) is 0 Å². The average Bonchev–Trinajstić information content (AvgIpc) is 3.25. The number of hydrogen-bond donors (Lipinski definition) is 1. The van der Waals surface area contributed by atoms with Crippen LogP contribution in [0.2, 0.25) is 0 Å². The minimum Gasteiger partial charge on any atom is -0.479 e. The Balaban J connectivity index is 1.46. The number of likely N-dealkylation sites (N-methyl/N-ethyl adjacent to an activating group) is 1. The van der Waals surface area contributed by atoms with E-state index < -0.39 is 24.1 Å². The number of carbonyl (C=O) groups excluding carboxylic acids is 2. The largest absolute Gasteiger partial charge is 0.479 e. The second-order valence-corrected chi connectivity index (χ2v) is 10.1. The Morgan fingerprint density at radius 3 is 1.92 bits per heavy atom. The average molecular weight is 525 g/mol.